The van der Waals surface area contributed by atoms with Crippen molar-refractivity contribution in [1.29, 1.82) is 5.41 Å². The highest BCUT2D eigenvalue weighted by Crippen LogP contribution is 2.28. The highest BCUT2D eigenvalue weighted by Gasteiger charge is 2.23. The zero-order valence-electron chi connectivity index (χ0n) is 8.99. The van der Waals surface area contributed by atoms with Crippen molar-refractivity contribution in [2.24, 2.45) is 11.7 Å². The van der Waals surface area contributed by atoms with E-state index in [1.54, 1.807) is 12.4 Å². The maximum atomic E-state index is 7.52. The number of nitrogens with zero attached hydrogens (tertiary/aromatic N) is 2. The molecule has 2 heterocycles. The second-order valence-electron chi connectivity index (χ2n) is 4.07. The lowest BCUT2D eigenvalue weighted by Gasteiger charge is -2.34. The van der Waals surface area contributed by atoms with Crippen molar-refractivity contribution in [2.45, 2.75) is 12.8 Å². The molecule has 1 aromatic rings. The molecule has 1 fully saturated rings. The first-order chi connectivity index (χ1) is 7.68. The zero-order chi connectivity index (χ0) is 11.5. The zero-order valence-corrected chi connectivity index (χ0v) is 10.6. The van der Waals surface area contributed by atoms with Crippen molar-refractivity contribution < 1.29 is 0 Å². The molecule has 4 nitrogen and oxygen atoms in total. The molecule has 1 saturated heterocycles. The number of aromatic nitrogens is 1. The summed E-state index contributed by atoms with van der Waals surface area (Å²) < 4.78 is 0.999. The van der Waals surface area contributed by atoms with Gasteiger partial charge in [-0.05, 0) is 34.8 Å². The fourth-order valence-electron chi connectivity index (χ4n) is 2.07. The molecular weight excluding hydrogens is 268 g/mol. The van der Waals surface area contributed by atoms with Gasteiger partial charge in [-0.15, -0.1) is 0 Å². The van der Waals surface area contributed by atoms with Gasteiger partial charge >= 0.3 is 0 Å². The number of piperidine rings is 1. The smallest absolute Gasteiger partial charge is 0.0954 e. The summed E-state index contributed by atoms with van der Waals surface area (Å²) in [5.74, 6) is 0.490. The second-order valence-corrected chi connectivity index (χ2v) is 4.92. The third-order valence-electron chi connectivity index (χ3n) is 2.95. The van der Waals surface area contributed by atoms with E-state index in [1.807, 2.05) is 6.07 Å². The third-order valence-corrected chi connectivity index (χ3v) is 3.56. The number of nitrogens with two attached hydrogens (primary N) is 1. The molecule has 0 amide bonds. The van der Waals surface area contributed by atoms with Gasteiger partial charge in [0, 0.05) is 31.4 Å². The van der Waals surface area contributed by atoms with E-state index in [-0.39, 0.29) is 5.92 Å². The number of nitrogens with one attached hydrogen (secondary N) is 1. The molecule has 16 heavy (non-hydrogen) atoms. The molecule has 3 N–H and O–H groups in total. The van der Waals surface area contributed by atoms with E-state index in [1.165, 1.54) is 0 Å². The Balaban J connectivity index is 2.16. The number of halogens is 1. The summed E-state index contributed by atoms with van der Waals surface area (Å²) in [7, 11) is 0. The van der Waals surface area contributed by atoms with Crippen LogP contribution < -0.4 is 10.6 Å². The lowest BCUT2D eigenvalue weighted by molar-refractivity contribution is 0.502. The minimum absolute atomic E-state index is 0.189. The van der Waals surface area contributed by atoms with Crippen LogP contribution in [0.15, 0.2) is 22.9 Å². The van der Waals surface area contributed by atoms with Crippen LogP contribution in [0.4, 0.5) is 5.69 Å². The number of rotatable bonds is 2. The van der Waals surface area contributed by atoms with E-state index in [0.717, 1.165) is 36.1 Å². The molecule has 1 aliphatic heterocycles. The molecule has 0 aliphatic carbocycles. The van der Waals surface area contributed by atoms with Crippen molar-refractivity contribution in [3.63, 3.8) is 0 Å². The Bertz CT molecular complexity index is 393. The van der Waals surface area contributed by atoms with Gasteiger partial charge in [0.25, 0.3) is 0 Å². The van der Waals surface area contributed by atoms with Crippen LogP contribution in [-0.4, -0.2) is 23.9 Å². The standard InChI is InChI=1S/C11H15BrN4/c12-9-6-15-4-3-10(9)16-5-1-2-8(7-16)11(13)14/h3-4,6,8H,1-2,5,7H2,(H3,13,14). The predicted molar refractivity (Wildman–Crippen MR) is 68.8 cm³/mol. The molecular formula is C11H15BrN4. The van der Waals surface area contributed by atoms with E-state index in [2.05, 4.69) is 25.8 Å². The van der Waals surface area contributed by atoms with Crippen molar-refractivity contribution in [3.05, 3.63) is 22.9 Å². The van der Waals surface area contributed by atoms with E-state index in [0.29, 0.717) is 5.84 Å². The Morgan fingerprint density at radius 1 is 1.62 bits per heavy atom. The number of hydrogen-bond acceptors (Lipinski definition) is 3. The summed E-state index contributed by atoms with van der Waals surface area (Å²) in [5.41, 5.74) is 6.72. The summed E-state index contributed by atoms with van der Waals surface area (Å²) >= 11 is 3.50. The van der Waals surface area contributed by atoms with Crippen LogP contribution in [0.25, 0.3) is 0 Å². The van der Waals surface area contributed by atoms with Crippen LogP contribution >= 0.6 is 15.9 Å². The Morgan fingerprint density at radius 3 is 3.12 bits per heavy atom. The fourth-order valence-corrected chi connectivity index (χ4v) is 2.58. The number of amidine groups is 1. The first-order valence-corrected chi connectivity index (χ1v) is 6.16. The van der Waals surface area contributed by atoms with Gasteiger partial charge in [0.1, 0.15) is 0 Å². The maximum absolute atomic E-state index is 7.52. The summed E-state index contributed by atoms with van der Waals surface area (Å²) in [6, 6.07) is 1.99. The molecule has 1 unspecified atom stereocenters. The Hall–Kier alpha value is -1.10. The van der Waals surface area contributed by atoms with Gasteiger partial charge < -0.3 is 10.6 Å². The van der Waals surface area contributed by atoms with Gasteiger partial charge in [0.05, 0.1) is 16.0 Å². The highest BCUT2D eigenvalue weighted by atomic mass is 79.9. The molecule has 86 valence electrons. The molecule has 1 aromatic heterocycles. The van der Waals surface area contributed by atoms with Crippen LogP contribution in [0.3, 0.4) is 0 Å². The third kappa shape index (κ3) is 2.35. The molecule has 0 radical (unpaired) electrons. The number of pyridine rings is 1. The topological polar surface area (TPSA) is 66.0 Å². The van der Waals surface area contributed by atoms with Crippen molar-refractivity contribution in [2.75, 3.05) is 18.0 Å². The van der Waals surface area contributed by atoms with Gasteiger partial charge in [0.15, 0.2) is 0 Å². The molecule has 0 saturated carbocycles. The van der Waals surface area contributed by atoms with E-state index >= 15 is 0 Å². The predicted octanol–water partition coefficient (Wildman–Crippen LogP) is 2.00. The molecule has 1 aliphatic rings. The number of anilines is 1. The summed E-state index contributed by atoms with van der Waals surface area (Å²) in [6.07, 6.45) is 5.69. The Labute approximate surface area is 103 Å². The Morgan fingerprint density at radius 2 is 2.44 bits per heavy atom. The molecule has 0 aromatic carbocycles. The van der Waals surface area contributed by atoms with Gasteiger partial charge in [-0.1, -0.05) is 0 Å². The van der Waals surface area contributed by atoms with Gasteiger partial charge in [0.2, 0.25) is 0 Å². The van der Waals surface area contributed by atoms with Crippen molar-refractivity contribution >= 4 is 27.5 Å². The first kappa shape index (κ1) is 11.4. The maximum Gasteiger partial charge on any atom is 0.0954 e. The van der Waals surface area contributed by atoms with E-state index < -0.39 is 0 Å². The van der Waals surface area contributed by atoms with Gasteiger partial charge in [-0.3, -0.25) is 10.4 Å². The van der Waals surface area contributed by atoms with Gasteiger partial charge in [-0.2, -0.15) is 0 Å². The highest BCUT2D eigenvalue weighted by molar-refractivity contribution is 9.10. The summed E-state index contributed by atoms with van der Waals surface area (Å²) in [4.78, 5) is 6.32. The Kier molecular flexibility index (Phi) is 3.43. The quantitative estimate of drug-likeness (QED) is 0.644. The van der Waals surface area contributed by atoms with E-state index in [9.17, 15) is 0 Å². The lowest BCUT2D eigenvalue weighted by atomic mass is 9.97. The monoisotopic (exact) mass is 282 g/mol. The largest absolute Gasteiger partial charge is 0.387 e. The first-order valence-electron chi connectivity index (χ1n) is 5.37. The fraction of sp³-hybridized carbons (Fsp3) is 0.455. The molecule has 5 heteroatoms. The van der Waals surface area contributed by atoms with Crippen LogP contribution in [0.2, 0.25) is 0 Å². The molecule has 2 rings (SSSR count). The summed E-state index contributed by atoms with van der Waals surface area (Å²) in [5, 5.41) is 7.52. The van der Waals surface area contributed by atoms with Crippen molar-refractivity contribution in [1.82, 2.24) is 4.98 Å². The second kappa shape index (κ2) is 4.82. The van der Waals surface area contributed by atoms with Crippen molar-refractivity contribution in [3.8, 4) is 0 Å². The normalized spacial score (nSPS) is 20.8. The SMILES string of the molecule is N=C(N)C1CCCN(c2ccncc2Br)C1. The molecule has 1 atom stereocenters. The average Bonchev–Trinajstić information content (AvgIpc) is 2.30. The average molecular weight is 283 g/mol. The minimum atomic E-state index is 0.189. The van der Waals surface area contributed by atoms with Gasteiger partial charge in [-0.25, -0.2) is 0 Å². The van der Waals surface area contributed by atoms with E-state index in [4.69, 9.17) is 11.1 Å². The number of hydrogen-bond donors (Lipinski definition) is 2. The summed E-state index contributed by atoms with van der Waals surface area (Å²) in [6.45, 7) is 1.85. The van der Waals surface area contributed by atoms with Crippen LogP contribution in [0, 0.1) is 11.3 Å². The molecule has 0 spiro atoms. The molecule has 0 bridgehead atoms. The van der Waals surface area contributed by atoms with Crippen LogP contribution in [-0.2, 0) is 0 Å². The van der Waals surface area contributed by atoms with Crippen LogP contribution in [0.5, 0.6) is 0 Å². The van der Waals surface area contributed by atoms with Crippen LogP contribution in [0.1, 0.15) is 12.8 Å². The lowest BCUT2D eigenvalue weighted by Crippen LogP contribution is -2.41. The minimum Gasteiger partial charge on any atom is -0.387 e.